The van der Waals surface area contributed by atoms with Crippen LogP contribution in [-0.4, -0.2) is 41.9 Å². The second-order valence-corrected chi connectivity index (χ2v) is 16.1. The molecule has 0 aliphatic rings. The fraction of sp³-hybridized carbons (Fsp3) is 0.927. The SMILES string of the molecule is CCCCCCCC/C=C\CCCCCCCCCCCC(=O)NC(CS(=O)(=O)O)C(O)CCCCCCCCCCCCCCCC. The standard InChI is InChI=1S/C41H81NO5S/c1-3-5-7-9-11-13-15-17-19-20-21-22-23-25-27-29-31-33-35-37-41(44)42-39(38-48(45,46)47)40(43)36-34-32-30-28-26-24-18-16-14-12-10-8-6-4-2/h17,19,39-40,43H,3-16,18,20-38H2,1-2H3,(H,42,44)(H,45,46,47)/b19-17-. The van der Waals surface area contributed by atoms with Crippen molar-refractivity contribution < 1.29 is 22.9 Å². The number of allylic oxidation sites excluding steroid dienone is 2. The minimum absolute atomic E-state index is 0.246. The Kier molecular flexibility index (Phi) is 35.2. The van der Waals surface area contributed by atoms with Crippen molar-refractivity contribution in [3.05, 3.63) is 12.2 Å². The predicted molar refractivity (Wildman–Crippen MR) is 207 cm³/mol. The molecule has 7 heteroatoms. The summed E-state index contributed by atoms with van der Waals surface area (Å²) in [6.45, 7) is 4.52. The maximum atomic E-state index is 12.5. The number of nitrogens with one attached hydrogen (secondary N) is 1. The Morgan fingerprint density at radius 3 is 1.25 bits per heavy atom. The summed E-state index contributed by atoms with van der Waals surface area (Å²) in [6, 6.07) is -0.967. The summed E-state index contributed by atoms with van der Waals surface area (Å²) in [5, 5.41) is 13.4. The summed E-state index contributed by atoms with van der Waals surface area (Å²) in [4.78, 5) is 12.5. The van der Waals surface area contributed by atoms with E-state index in [2.05, 4.69) is 31.3 Å². The maximum Gasteiger partial charge on any atom is 0.266 e. The van der Waals surface area contributed by atoms with Gasteiger partial charge in [-0.1, -0.05) is 193 Å². The van der Waals surface area contributed by atoms with Gasteiger partial charge in [-0.25, -0.2) is 0 Å². The number of rotatable bonds is 38. The van der Waals surface area contributed by atoms with Gasteiger partial charge in [0.15, 0.2) is 0 Å². The largest absolute Gasteiger partial charge is 0.391 e. The highest BCUT2D eigenvalue weighted by Gasteiger charge is 2.26. The van der Waals surface area contributed by atoms with Crippen LogP contribution in [0, 0.1) is 0 Å². The molecule has 286 valence electrons. The Balaban J connectivity index is 3.82. The van der Waals surface area contributed by atoms with Gasteiger partial charge in [0.1, 0.15) is 0 Å². The van der Waals surface area contributed by atoms with Gasteiger partial charge in [0, 0.05) is 6.42 Å². The topological polar surface area (TPSA) is 104 Å². The van der Waals surface area contributed by atoms with Crippen LogP contribution in [0.4, 0.5) is 0 Å². The first-order valence-corrected chi connectivity index (χ1v) is 22.5. The molecule has 0 aromatic heterocycles. The van der Waals surface area contributed by atoms with E-state index >= 15 is 0 Å². The summed E-state index contributed by atoms with van der Waals surface area (Å²) < 4.78 is 32.5. The molecule has 0 spiro atoms. The highest BCUT2D eigenvalue weighted by Crippen LogP contribution is 2.16. The Hall–Kier alpha value is -0.920. The highest BCUT2D eigenvalue weighted by atomic mass is 32.2. The molecule has 0 radical (unpaired) electrons. The quantitative estimate of drug-likeness (QED) is 0.0338. The first-order valence-electron chi connectivity index (χ1n) is 20.9. The van der Waals surface area contributed by atoms with Crippen LogP contribution >= 0.6 is 0 Å². The first-order chi connectivity index (χ1) is 23.3. The van der Waals surface area contributed by atoms with Crippen LogP contribution in [0.1, 0.15) is 226 Å². The third kappa shape index (κ3) is 36.4. The number of carbonyl (C=O) groups excluding carboxylic acids is 1. The van der Waals surface area contributed by atoms with Gasteiger partial charge < -0.3 is 10.4 Å². The minimum Gasteiger partial charge on any atom is -0.391 e. The molecule has 0 heterocycles. The van der Waals surface area contributed by atoms with Crippen LogP contribution in [0.3, 0.4) is 0 Å². The van der Waals surface area contributed by atoms with Crippen LogP contribution in [0.2, 0.25) is 0 Å². The van der Waals surface area contributed by atoms with Crippen LogP contribution < -0.4 is 5.32 Å². The average Bonchev–Trinajstić information content (AvgIpc) is 3.05. The first kappa shape index (κ1) is 47.1. The van der Waals surface area contributed by atoms with Crippen molar-refractivity contribution in [3.63, 3.8) is 0 Å². The zero-order valence-corrected chi connectivity index (χ0v) is 32.7. The molecule has 2 atom stereocenters. The summed E-state index contributed by atoms with van der Waals surface area (Å²) in [7, 11) is -4.30. The third-order valence-corrected chi connectivity index (χ3v) is 10.5. The van der Waals surface area contributed by atoms with Gasteiger partial charge in [-0.15, -0.1) is 0 Å². The predicted octanol–water partition coefficient (Wildman–Crippen LogP) is 12.2. The number of aliphatic hydroxyl groups excluding tert-OH is 1. The van der Waals surface area contributed by atoms with Gasteiger partial charge in [0.25, 0.3) is 10.1 Å². The lowest BCUT2D eigenvalue weighted by atomic mass is 10.0. The van der Waals surface area contributed by atoms with E-state index in [1.807, 2.05) is 0 Å². The monoisotopic (exact) mass is 700 g/mol. The number of aliphatic hydroxyl groups is 1. The number of hydrogen-bond donors (Lipinski definition) is 3. The molecule has 0 aromatic carbocycles. The fourth-order valence-corrected chi connectivity index (χ4v) is 7.33. The lowest BCUT2D eigenvalue weighted by molar-refractivity contribution is -0.122. The van der Waals surface area contributed by atoms with Crippen LogP contribution in [0.25, 0.3) is 0 Å². The molecular weight excluding hydrogens is 619 g/mol. The van der Waals surface area contributed by atoms with Gasteiger partial charge >= 0.3 is 0 Å². The summed E-state index contributed by atoms with van der Waals surface area (Å²) in [6.07, 6.45) is 43.0. The zero-order valence-electron chi connectivity index (χ0n) is 31.9. The maximum absolute atomic E-state index is 12.5. The smallest absolute Gasteiger partial charge is 0.266 e. The summed E-state index contributed by atoms with van der Waals surface area (Å²) >= 11 is 0. The van der Waals surface area contributed by atoms with E-state index in [4.69, 9.17) is 0 Å². The lowest BCUT2D eigenvalue weighted by Crippen LogP contribution is -2.47. The van der Waals surface area contributed by atoms with Crippen molar-refractivity contribution in [2.24, 2.45) is 0 Å². The van der Waals surface area contributed by atoms with E-state index in [1.54, 1.807) is 0 Å². The van der Waals surface area contributed by atoms with Crippen molar-refractivity contribution in [3.8, 4) is 0 Å². The molecule has 0 saturated carbocycles. The molecule has 0 saturated heterocycles. The van der Waals surface area contributed by atoms with Gasteiger partial charge in [0.05, 0.1) is 17.9 Å². The molecule has 0 rings (SSSR count). The lowest BCUT2D eigenvalue weighted by Gasteiger charge is -2.23. The highest BCUT2D eigenvalue weighted by molar-refractivity contribution is 7.85. The summed E-state index contributed by atoms with van der Waals surface area (Å²) in [5.41, 5.74) is 0. The number of carbonyl (C=O) groups is 1. The Bertz CT molecular complexity index is 816. The van der Waals surface area contributed by atoms with Crippen LogP contribution in [0.15, 0.2) is 12.2 Å². The molecule has 0 fully saturated rings. The second kappa shape index (κ2) is 35.9. The fourth-order valence-electron chi connectivity index (χ4n) is 6.57. The van der Waals surface area contributed by atoms with E-state index < -0.39 is 28.0 Å². The Labute approximate surface area is 299 Å². The molecule has 1 amide bonds. The van der Waals surface area contributed by atoms with E-state index in [0.717, 1.165) is 38.5 Å². The van der Waals surface area contributed by atoms with Crippen LogP contribution in [-0.2, 0) is 14.9 Å². The zero-order chi connectivity index (χ0) is 35.4. The van der Waals surface area contributed by atoms with Crippen LogP contribution in [0.5, 0.6) is 0 Å². The molecule has 0 aliphatic carbocycles. The van der Waals surface area contributed by atoms with Gasteiger partial charge in [-0.2, -0.15) is 8.42 Å². The molecule has 3 N–H and O–H groups in total. The van der Waals surface area contributed by atoms with Gasteiger partial charge in [-0.05, 0) is 38.5 Å². The van der Waals surface area contributed by atoms with Crippen molar-refractivity contribution in [2.45, 2.75) is 238 Å². The van der Waals surface area contributed by atoms with Gasteiger partial charge in [0.2, 0.25) is 5.91 Å². The second-order valence-electron chi connectivity index (χ2n) is 14.6. The molecular formula is C41H81NO5S. The number of hydrogen-bond acceptors (Lipinski definition) is 4. The molecule has 0 bridgehead atoms. The van der Waals surface area contributed by atoms with E-state index in [9.17, 15) is 22.9 Å². The Morgan fingerprint density at radius 2 is 0.875 bits per heavy atom. The van der Waals surface area contributed by atoms with Crippen molar-refractivity contribution >= 4 is 16.0 Å². The molecule has 6 nitrogen and oxygen atoms in total. The van der Waals surface area contributed by atoms with E-state index in [-0.39, 0.29) is 5.91 Å². The normalized spacial score (nSPS) is 13.3. The number of amides is 1. The Morgan fingerprint density at radius 1 is 0.542 bits per heavy atom. The molecule has 0 aliphatic heterocycles. The number of unbranched alkanes of at least 4 members (excludes halogenated alkanes) is 28. The van der Waals surface area contributed by atoms with Crippen molar-refractivity contribution in [2.75, 3.05) is 5.75 Å². The molecule has 48 heavy (non-hydrogen) atoms. The molecule has 2 unspecified atom stereocenters. The van der Waals surface area contributed by atoms with Crippen molar-refractivity contribution in [1.82, 2.24) is 5.32 Å². The van der Waals surface area contributed by atoms with E-state index in [1.165, 1.54) is 161 Å². The summed E-state index contributed by atoms with van der Waals surface area (Å²) in [5.74, 6) is -0.891. The minimum atomic E-state index is -4.30. The third-order valence-electron chi connectivity index (χ3n) is 9.72. The average molecular weight is 700 g/mol. The van der Waals surface area contributed by atoms with E-state index in [0.29, 0.717) is 12.8 Å². The van der Waals surface area contributed by atoms with Gasteiger partial charge in [-0.3, -0.25) is 9.35 Å². The molecule has 0 aromatic rings. The van der Waals surface area contributed by atoms with Crippen molar-refractivity contribution in [1.29, 1.82) is 0 Å².